The van der Waals surface area contributed by atoms with Gasteiger partial charge in [0, 0.05) is 11.2 Å². The van der Waals surface area contributed by atoms with Gasteiger partial charge in [-0.1, -0.05) is 0 Å². The number of halogens is 1. The number of hydrogen-bond acceptors (Lipinski definition) is 7. The van der Waals surface area contributed by atoms with E-state index in [2.05, 4.69) is 20.6 Å². The Hall–Kier alpha value is -2.94. The quantitative estimate of drug-likeness (QED) is 0.481. The molecule has 0 saturated carbocycles. The van der Waals surface area contributed by atoms with Crippen LogP contribution in [0.3, 0.4) is 0 Å². The number of carbonyl (C=O) groups excluding carboxylic acids is 1. The van der Waals surface area contributed by atoms with Crippen molar-refractivity contribution in [3.8, 4) is 5.75 Å². The normalized spacial score (nSPS) is 10.9. The fraction of sp³-hybridized carbons (Fsp3) is 0.267. The zero-order valence-corrected chi connectivity index (χ0v) is 14.5. The second-order valence-electron chi connectivity index (χ2n) is 6.04. The van der Waals surface area contributed by atoms with Gasteiger partial charge >= 0.3 is 11.8 Å². The average molecular weight is 366 g/mol. The lowest BCUT2D eigenvalue weighted by molar-refractivity contribution is -0.384. The van der Waals surface area contributed by atoms with Crippen molar-refractivity contribution < 1.29 is 14.5 Å². The Labute approximate surface area is 148 Å². The Bertz CT molecular complexity index is 789. The molecular formula is C15H16ClN5O4. The van der Waals surface area contributed by atoms with Gasteiger partial charge in [-0.15, -0.1) is 0 Å². The minimum absolute atomic E-state index is 0.0378. The third kappa shape index (κ3) is 5.57. The summed E-state index contributed by atoms with van der Waals surface area (Å²) in [6.45, 7) is 5.50. The van der Waals surface area contributed by atoms with E-state index in [0.717, 1.165) is 6.20 Å². The lowest BCUT2D eigenvalue weighted by Crippen LogP contribution is -2.42. The summed E-state index contributed by atoms with van der Waals surface area (Å²) in [7, 11) is 0. The van der Waals surface area contributed by atoms with Crippen molar-refractivity contribution in [3.05, 3.63) is 45.9 Å². The van der Waals surface area contributed by atoms with Crippen LogP contribution in [-0.4, -0.2) is 26.5 Å². The Morgan fingerprint density at radius 3 is 2.48 bits per heavy atom. The van der Waals surface area contributed by atoms with E-state index in [9.17, 15) is 14.9 Å². The molecule has 132 valence electrons. The molecule has 0 aliphatic carbocycles. The van der Waals surface area contributed by atoms with E-state index in [0.29, 0.717) is 11.4 Å². The molecular weight excluding hydrogens is 350 g/mol. The Balaban J connectivity index is 2.10. The fourth-order valence-electron chi connectivity index (χ4n) is 1.76. The number of amides is 1. The fourth-order valence-corrected chi connectivity index (χ4v) is 1.89. The number of hydrogen-bond donors (Lipinski definition) is 2. The molecule has 0 unspecified atom stereocenters. The molecule has 0 aliphatic rings. The summed E-state index contributed by atoms with van der Waals surface area (Å²) < 4.78 is 5.14. The number of nitro groups is 1. The van der Waals surface area contributed by atoms with Crippen molar-refractivity contribution in [2.45, 2.75) is 26.3 Å². The van der Waals surface area contributed by atoms with E-state index in [1.54, 1.807) is 24.3 Å². The van der Waals surface area contributed by atoms with Crippen LogP contribution in [0.15, 0.2) is 30.5 Å². The van der Waals surface area contributed by atoms with Crippen molar-refractivity contribution >= 4 is 34.9 Å². The van der Waals surface area contributed by atoms with Gasteiger partial charge in [0.05, 0.1) is 4.92 Å². The molecule has 1 heterocycles. The zero-order chi connectivity index (χ0) is 18.6. The van der Waals surface area contributed by atoms with Crippen LogP contribution >= 0.6 is 11.6 Å². The highest BCUT2D eigenvalue weighted by Crippen LogP contribution is 2.26. The average Bonchev–Trinajstić information content (AvgIpc) is 2.47. The van der Waals surface area contributed by atoms with E-state index in [4.69, 9.17) is 16.3 Å². The predicted octanol–water partition coefficient (Wildman–Crippen LogP) is 3.67. The Kier molecular flexibility index (Phi) is 5.38. The molecule has 25 heavy (non-hydrogen) atoms. The Morgan fingerprint density at radius 2 is 1.92 bits per heavy atom. The molecule has 0 spiro atoms. The van der Waals surface area contributed by atoms with Gasteiger partial charge in [0.2, 0.25) is 11.1 Å². The first-order chi connectivity index (χ1) is 11.6. The summed E-state index contributed by atoms with van der Waals surface area (Å²) >= 11 is 5.67. The van der Waals surface area contributed by atoms with Crippen LogP contribution in [0.4, 0.5) is 22.0 Å². The van der Waals surface area contributed by atoms with E-state index >= 15 is 0 Å². The minimum atomic E-state index is -0.618. The lowest BCUT2D eigenvalue weighted by atomic mass is 10.1. The summed E-state index contributed by atoms with van der Waals surface area (Å²) in [5.41, 5.74) is -0.222. The van der Waals surface area contributed by atoms with Gasteiger partial charge in [-0.2, -0.15) is 4.98 Å². The number of aromatic nitrogens is 2. The highest BCUT2D eigenvalue weighted by molar-refractivity contribution is 6.28. The van der Waals surface area contributed by atoms with Gasteiger partial charge in [0.1, 0.15) is 11.9 Å². The van der Waals surface area contributed by atoms with Crippen molar-refractivity contribution in [2.24, 2.45) is 0 Å². The first-order valence-electron chi connectivity index (χ1n) is 7.18. The summed E-state index contributed by atoms with van der Waals surface area (Å²) in [5.74, 6) is 0.284. The highest BCUT2D eigenvalue weighted by Gasteiger charge is 2.18. The van der Waals surface area contributed by atoms with Crippen LogP contribution in [0, 0.1) is 10.1 Å². The highest BCUT2D eigenvalue weighted by atomic mass is 35.5. The molecule has 1 amide bonds. The number of anilines is 2. The predicted molar refractivity (Wildman–Crippen MR) is 92.3 cm³/mol. The Morgan fingerprint density at radius 1 is 1.28 bits per heavy atom. The van der Waals surface area contributed by atoms with Crippen molar-refractivity contribution in [2.75, 3.05) is 5.32 Å². The van der Waals surface area contributed by atoms with Crippen LogP contribution in [0.1, 0.15) is 20.8 Å². The number of benzene rings is 1. The molecule has 0 saturated heterocycles. The maximum atomic E-state index is 11.7. The van der Waals surface area contributed by atoms with Crippen LogP contribution in [0.25, 0.3) is 0 Å². The van der Waals surface area contributed by atoms with E-state index in [-0.39, 0.29) is 16.8 Å². The number of nitrogens with zero attached hydrogens (tertiary/aromatic N) is 3. The van der Waals surface area contributed by atoms with Gasteiger partial charge < -0.3 is 15.4 Å². The molecule has 2 aromatic rings. The maximum absolute atomic E-state index is 11.7. The molecule has 2 rings (SSSR count). The van der Waals surface area contributed by atoms with Crippen LogP contribution < -0.4 is 15.4 Å². The van der Waals surface area contributed by atoms with Gasteiger partial charge in [0.25, 0.3) is 0 Å². The summed E-state index contributed by atoms with van der Waals surface area (Å²) in [6, 6.07) is 6.25. The van der Waals surface area contributed by atoms with Crippen LogP contribution in [0.5, 0.6) is 5.75 Å². The lowest BCUT2D eigenvalue weighted by Gasteiger charge is -2.19. The van der Waals surface area contributed by atoms with E-state index < -0.39 is 16.6 Å². The van der Waals surface area contributed by atoms with Crippen molar-refractivity contribution in [3.63, 3.8) is 0 Å². The minimum Gasteiger partial charge on any atom is -0.410 e. The molecule has 1 aromatic carbocycles. The van der Waals surface area contributed by atoms with Gasteiger partial charge in [-0.25, -0.2) is 9.78 Å². The number of carbonyl (C=O) groups is 1. The molecule has 0 radical (unpaired) electrons. The molecule has 0 atom stereocenters. The summed E-state index contributed by atoms with van der Waals surface area (Å²) in [4.78, 5) is 29.5. The molecule has 0 aliphatic heterocycles. The van der Waals surface area contributed by atoms with Crippen molar-refractivity contribution in [1.29, 1.82) is 0 Å². The number of ether oxygens (including phenoxy) is 1. The SMILES string of the molecule is CC(C)(C)NC(=O)Oc1ccc(Nc2nc(Cl)ncc2[N+](=O)[O-])cc1. The maximum Gasteiger partial charge on any atom is 0.413 e. The van der Waals surface area contributed by atoms with Gasteiger partial charge in [0.15, 0.2) is 0 Å². The first kappa shape index (κ1) is 18.4. The summed E-state index contributed by atoms with van der Waals surface area (Å²) in [6.07, 6.45) is 0.442. The standard InChI is InChI=1S/C15H16ClN5O4/c1-15(2,3)20-14(22)25-10-6-4-9(5-7-10)18-12-11(21(23)24)8-17-13(16)19-12/h4-8H,1-3H3,(H,20,22)(H,17,18,19). The topological polar surface area (TPSA) is 119 Å². The van der Waals surface area contributed by atoms with Crippen LogP contribution in [-0.2, 0) is 0 Å². The molecule has 0 fully saturated rings. The second-order valence-corrected chi connectivity index (χ2v) is 6.38. The number of nitrogens with one attached hydrogen (secondary N) is 2. The van der Waals surface area contributed by atoms with Crippen molar-refractivity contribution in [1.82, 2.24) is 15.3 Å². The van der Waals surface area contributed by atoms with Gasteiger partial charge in [-0.3, -0.25) is 10.1 Å². The summed E-state index contributed by atoms with van der Waals surface area (Å²) in [5, 5.41) is 16.3. The van der Waals surface area contributed by atoms with E-state index in [1.165, 1.54) is 0 Å². The third-order valence-corrected chi connectivity index (χ3v) is 2.92. The molecule has 9 nitrogen and oxygen atoms in total. The zero-order valence-electron chi connectivity index (χ0n) is 13.7. The van der Waals surface area contributed by atoms with Crippen LogP contribution in [0.2, 0.25) is 5.28 Å². The van der Waals surface area contributed by atoms with E-state index in [1.807, 2.05) is 20.8 Å². The molecule has 0 bridgehead atoms. The molecule has 1 aromatic heterocycles. The second kappa shape index (κ2) is 7.31. The molecule has 10 heteroatoms. The smallest absolute Gasteiger partial charge is 0.410 e. The third-order valence-electron chi connectivity index (χ3n) is 2.74. The van der Waals surface area contributed by atoms with Gasteiger partial charge in [-0.05, 0) is 56.6 Å². The number of rotatable bonds is 4. The molecule has 2 N–H and O–H groups in total. The monoisotopic (exact) mass is 365 g/mol. The first-order valence-corrected chi connectivity index (χ1v) is 7.56. The largest absolute Gasteiger partial charge is 0.413 e.